The number of rotatable bonds is 5. The standard InChI is InChI=1S/C13H14N2O2S2/c1-16-10-4-3-8(5-11(10)17-2)6-12-15-9(7-19-12)13(14)18/h3-5,7H,6H2,1-2H3,(H2,14,18). The number of benzene rings is 1. The van der Waals surface area contributed by atoms with Gasteiger partial charge in [0.25, 0.3) is 0 Å². The summed E-state index contributed by atoms with van der Waals surface area (Å²) >= 11 is 6.44. The predicted octanol–water partition coefficient (Wildman–Crippen LogP) is 2.39. The highest BCUT2D eigenvalue weighted by Gasteiger charge is 2.08. The molecular weight excluding hydrogens is 280 g/mol. The van der Waals surface area contributed by atoms with Crippen LogP contribution in [0.25, 0.3) is 0 Å². The van der Waals surface area contributed by atoms with E-state index in [1.165, 1.54) is 0 Å². The average Bonchev–Trinajstić information content (AvgIpc) is 2.87. The largest absolute Gasteiger partial charge is 0.493 e. The number of ether oxygens (including phenoxy) is 2. The van der Waals surface area contributed by atoms with Gasteiger partial charge in [-0.25, -0.2) is 4.98 Å². The van der Waals surface area contributed by atoms with Crippen LogP contribution in [0.4, 0.5) is 0 Å². The van der Waals surface area contributed by atoms with E-state index in [1.54, 1.807) is 25.6 Å². The minimum atomic E-state index is 0.329. The Hall–Kier alpha value is -1.66. The molecular formula is C13H14N2O2S2. The van der Waals surface area contributed by atoms with Crippen LogP contribution >= 0.6 is 23.6 Å². The van der Waals surface area contributed by atoms with E-state index in [0.29, 0.717) is 28.6 Å². The topological polar surface area (TPSA) is 57.4 Å². The van der Waals surface area contributed by atoms with E-state index in [-0.39, 0.29) is 0 Å². The summed E-state index contributed by atoms with van der Waals surface area (Å²) in [4.78, 5) is 4.71. The zero-order chi connectivity index (χ0) is 13.8. The highest BCUT2D eigenvalue weighted by Crippen LogP contribution is 2.28. The second-order valence-electron chi connectivity index (χ2n) is 3.86. The number of thiocarbonyl (C=S) groups is 1. The van der Waals surface area contributed by atoms with Crippen LogP contribution in [0.3, 0.4) is 0 Å². The number of aromatic nitrogens is 1. The first-order valence-corrected chi connectivity index (χ1v) is 6.88. The lowest BCUT2D eigenvalue weighted by Crippen LogP contribution is -2.09. The molecule has 0 bridgehead atoms. The van der Waals surface area contributed by atoms with Gasteiger partial charge in [-0.05, 0) is 17.7 Å². The van der Waals surface area contributed by atoms with Gasteiger partial charge in [-0.2, -0.15) is 0 Å². The lowest BCUT2D eigenvalue weighted by molar-refractivity contribution is 0.354. The summed E-state index contributed by atoms with van der Waals surface area (Å²) < 4.78 is 10.5. The summed E-state index contributed by atoms with van der Waals surface area (Å²) in [5, 5.41) is 2.84. The summed E-state index contributed by atoms with van der Waals surface area (Å²) in [6, 6.07) is 5.82. The number of nitrogens with two attached hydrogens (primary N) is 1. The van der Waals surface area contributed by atoms with E-state index in [0.717, 1.165) is 10.6 Å². The molecule has 1 aromatic carbocycles. The van der Waals surface area contributed by atoms with Gasteiger partial charge < -0.3 is 15.2 Å². The first kappa shape index (κ1) is 13.8. The summed E-state index contributed by atoms with van der Waals surface area (Å²) in [5.74, 6) is 1.43. The molecule has 2 N–H and O–H groups in total. The molecule has 0 spiro atoms. The van der Waals surface area contributed by atoms with E-state index in [9.17, 15) is 0 Å². The maximum atomic E-state index is 5.54. The van der Waals surface area contributed by atoms with Crippen molar-refractivity contribution in [1.29, 1.82) is 0 Å². The third-order valence-electron chi connectivity index (χ3n) is 2.61. The molecule has 100 valence electrons. The molecule has 2 rings (SSSR count). The first-order valence-electron chi connectivity index (χ1n) is 5.59. The zero-order valence-corrected chi connectivity index (χ0v) is 12.3. The molecule has 0 radical (unpaired) electrons. The van der Waals surface area contributed by atoms with Gasteiger partial charge in [0.15, 0.2) is 11.5 Å². The number of hydrogen-bond acceptors (Lipinski definition) is 5. The second-order valence-corrected chi connectivity index (χ2v) is 5.24. The molecule has 0 aliphatic rings. The van der Waals surface area contributed by atoms with Crippen LogP contribution in [0.15, 0.2) is 23.6 Å². The van der Waals surface area contributed by atoms with Crippen LogP contribution in [-0.4, -0.2) is 24.2 Å². The Morgan fingerprint density at radius 1 is 1.32 bits per heavy atom. The van der Waals surface area contributed by atoms with Crippen molar-refractivity contribution >= 4 is 28.5 Å². The fourth-order valence-corrected chi connectivity index (χ4v) is 2.68. The van der Waals surface area contributed by atoms with Gasteiger partial charge in [0.05, 0.1) is 19.2 Å². The van der Waals surface area contributed by atoms with E-state index in [2.05, 4.69) is 4.98 Å². The molecule has 1 aromatic heterocycles. The van der Waals surface area contributed by atoms with Crippen LogP contribution in [0.2, 0.25) is 0 Å². The molecule has 0 aliphatic heterocycles. The summed E-state index contributed by atoms with van der Waals surface area (Å²) in [7, 11) is 3.24. The second kappa shape index (κ2) is 5.99. The molecule has 19 heavy (non-hydrogen) atoms. The minimum absolute atomic E-state index is 0.329. The van der Waals surface area contributed by atoms with Gasteiger partial charge in [0.1, 0.15) is 10.7 Å². The number of methoxy groups -OCH3 is 2. The Morgan fingerprint density at radius 3 is 2.63 bits per heavy atom. The van der Waals surface area contributed by atoms with Crippen LogP contribution in [-0.2, 0) is 6.42 Å². The van der Waals surface area contributed by atoms with E-state index in [1.807, 2.05) is 23.6 Å². The van der Waals surface area contributed by atoms with Crippen molar-refractivity contribution in [3.63, 3.8) is 0 Å². The molecule has 1 heterocycles. The van der Waals surface area contributed by atoms with Crippen LogP contribution in [0.1, 0.15) is 16.3 Å². The van der Waals surface area contributed by atoms with Crippen molar-refractivity contribution in [2.45, 2.75) is 6.42 Å². The lowest BCUT2D eigenvalue weighted by atomic mass is 10.1. The van der Waals surface area contributed by atoms with Gasteiger partial charge in [0.2, 0.25) is 0 Å². The highest BCUT2D eigenvalue weighted by molar-refractivity contribution is 7.80. The normalized spacial score (nSPS) is 10.2. The Morgan fingerprint density at radius 2 is 2.05 bits per heavy atom. The summed E-state index contributed by atoms with van der Waals surface area (Å²) in [5.41, 5.74) is 7.32. The number of nitrogens with zero attached hydrogens (tertiary/aromatic N) is 1. The SMILES string of the molecule is COc1ccc(Cc2nc(C(N)=S)cs2)cc1OC. The minimum Gasteiger partial charge on any atom is -0.493 e. The maximum absolute atomic E-state index is 5.54. The Balaban J connectivity index is 2.20. The fraction of sp³-hybridized carbons (Fsp3) is 0.231. The lowest BCUT2D eigenvalue weighted by Gasteiger charge is -2.08. The predicted molar refractivity (Wildman–Crippen MR) is 80.4 cm³/mol. The molecule has 0 aliphatic carbocycles. The highest BCUT2D eigenvalue weighted by atomic mass is 32.1. The summed E-state index contributed by atoms with van der Waals surface area (Å²) in [6.45, 7) is 0. The number of hydrogen-bond donors (Lipinski definition) is 1. The average molecular weight is 294 g/mol. The van der Waals surface area contributed by atoms with Gasteiger partial charge in [0, 0.05) is 11.8 Å². The number of thiazole rings is 1. The van der Waals surface area contributed by atoms with Crippen LogP contribution in [0, 0.1) is 0 Å². The molecule has 4 nitrogen and oxygen atoms in total. The molecule has 0 saturated carbocycles. The molecule has 6 heteroatoms. The Labute approximate surface area is 121 Å². The fourth-order valence-electron chi connectivity index (χ4n) is 1.67. The van der Waals surface area contributed by atoms with Gasteiger partial charge in [-0.15, -0.1) is 11.3 Å². The van der Waals surface area contributed by atoms with Crippen LogP contribution < -0.4 is 15.2 Å². The molecule has 2 aromatic rings. The first-order chi connectivity index (χ1) is 9.13. The molecule has 0 fully saturated rings. The molecule has 0 saturated heterocycles. The zero-order valence-electron chi connectivity index (χ0n) is 10.7. The van der Waals surface area contributed by atoms with Gasteiger partial charge in [-0.3, -0.25) is 0 Å². The van der Waals surface area contributed by atoms with E-state index in [4.69, 9.17) is 27.4 Å². The molecule has 0 unspecified atom stereocenters. The third kappa shape index (κ3) is 3.21. The maximum Gasteiger partial charge on any atom is 0.160 e. The van der Waals surface area contributed by atoms with Crippen molar-refractivity contribution in [3.8, 4) is 11.5 Å². The van der Waals surface area contributed by atoms with E-state index < -0.39 is 0 Å². The van der Waals surface area contributed by atoms with Gasteiger partial charge in [-0.1, -0.05) is 18.3 Å². The summed E-state index contributed by atoms with van der Waals surface area (Å²) in [6.07, 6.45) is 0.716. The Kier molecular flexibility index (Phi) is 4.34. The molecule has 0 atom stereocenters. The van der Waals surface area contributed by atoms with Crippen molar-refractivity contribution in [1.82, 2.24) is 4.98 Å². The van der Waals surface area contributed by atoms with Crippen molar-refractivity contribution in [2.75, 3.05) is 14.2 Å². The van der Waals surface area contributed by atoms with Gasteiger partial charge >= 0.3 is 0 Å². The van der Waals surface area contributed by atoms with Crippen molar-refractivity contribution in [2.24, 2.45) is 5.73 Å². The van der Waals surface area contributed by atoms with E-state index >= 15 is 0 Å². The quantitative estimate of drug-likeness (QED) is 0.858. The Bertz CT molecular complexity index is 596. The third-order valence-corrected chi connectivity index (χ3v) is 3.67. The smallest absolute Gasteiger partial charge is 0.160 e. The van der Waals surface area contributed by atoms with Crippen LogP contribution in [0.5, 0.6) is 11.5 Å². The van der Waals surface area contributed by atoms with Crippen molar-refractivity contribution < 1.29 is 9.47 Å². The molecule has 0 amide bonds. The monoisotopic (exact) mass is 294 g/mol. The van der Waals surface area contributed by atoms with Crippen molar-refractivity contribution in [3.05, 3.63) is 39.8 Å².